The van der Waals surface area contributed by atoms with Crippen molar-refractivity contribution in [1.82, 2.24) is 0 Å². The molecule has 0 fully saturated rings. The van der Waals surface area contributed by atoms with Gasteiger partial charge in [0, 0.05) is 5.56 Å². The van der Waals surface area contributed by atoms with Crippen LogP contribution in [0.2, 0.25) is 10.0 Å². The van der Waals surface area contributed by atoms with E-state index in [2.05, 4.69) is 15.9 Å². The third-order valence-corrected chi connectivity index (χ3v) is 4.03. The van der Waals surface area contributed by atoms with E-state index >= 15 is 0 Å². The molecular weight excluding hydrogens is 351 g/mol. The lowest BCUT2D eigenvalue weighted by molar-refractivity contribution is -0.139. The first-order valence-corrected chi connectivity index (χ1v) is 7.09. The molecule has 2 rings (SSSR count). The number of aliphatic hydroxyl groups is 1. The summed E-state index contributed by atoms with van der Waals surface area (Å²) >= 11 is 15.1. The fourth-order valence-corrected chi connectivity index (χ4v) is 2.56. The van der Waals surface area contributed by atoms with Crippen LogP contribution in [0.5, 0.6) is 0 Å². The molecule has 0 aliphatic rings. The fraction of sp³-hybridized carbons (Fsp3) is 0.143. The van der Waals surface area contributed by atoms with Crippen molar-refractivity contribution in [2.75, 3.05) is 0 Å². The van der Waals surface area contributed by atoms with Crippen molar-refractivity contribution >= 4 is 39.1 Å². The monoisotopic (exact) mass is 360 g/mol. The smallest absolute Gasteiger partial charge is 0.253 e. The molecule has 2 aromatic carbocycles. The van der Waals surface area contributed by atoms with E-state index in [1.165, 1.54) is 0 Å². The van der Waals surface area contributed by atoms with Crippen molar-refractivity contribution < 1.29 is 9.84 Å². The number of alkyl halides is 1. The summed E-state index contributed by atoms with van der Waals surface area (Å²) in [7, 11) is 0. The molecule has 0 amide bonds. The van der Waals surface area contributed by atoms with E-state index in [0.29, 0.717) is 10.6 Å². The Morgan fingerprint density at radius 3 is 2.42 bits per heavy atom. The van der Waals surface area contributed by atoms with E-state index in [-0.39, 0.29) is 11.6 Å². The minimum absolute atomic E-state index is 0.242. The second-order valence-corrected chi connectivity index (χ2v) is 5.80. The molecular formula is C14H11BrCl2O2. The van der Waals surface area contributed by atoms with Crippen LogP contribution in [0.4, 0.5) is 0 Å². The van der Waals surface area contributed by atoms with Crippen LogP contribution < -0.4 is 0 Å². The summed E-state index contributed by atoms with van der Waals surface area (Å²) in [6, 6.07) is 14.5. The summed E-state index contributed by atoms with van der Waals surface area (Å²) < 4.78 is 3.79. The minimum atomic E-state index is -1.68. The predicted octanol–water partition coefficient (Wildman–Crippen LogP) is 4.71. The molecule has 1 atom stereocenters. The fourth-order valence-electron chi connectivity index (χ4n) is 1.57. The summed E-state index contributed by atoms with van der Waals surface area (Å²) in [5, 5.41) is 10.9. The molecule has 0 bridgehead atoms. The lowest BCUT2D eigenvalue weighted by atomic mass is 10.2. The summed E-state index contributed by atoms with van der Waals surface area (Å²) in [6.45, 7) is 0.242. The van der Waals surface area contributed by atoms with Gasteiger partial charge in [0.15, 0.2) is 0 Å². The Labute approximate surface area is 130 Å². The van der Waals surface area contributed by atoms with Crippen LogP contribution in [0.1, 0.15) is 11.1 Å². The average molecular weight is 362 g/mol. The Kier molecular flexibility index (Phi) is 4.87. The maximum Gasteiger partial charge on any atom is 0.253 e. The molecule has 100 valence electrons. The Bertz CT molecular complexity index is 559. The number of benzene rings is 2. The molecule has 2 aromatic rings. The number of halogens is 3. The second kappa shape index (κ2) is 6.25. The van der Waals surface area contributed by atoms with Crippen molar-refractivity contribution in [2.24, 2.45) is 0 Å². The zero-order chi connectivity index (χ0) is 13.9. The van der Waals surface area contributed by atoms with Gasteiger partial charge in [-0.2, -0.15) is 0 Å². The zero-order valence-corrected chi connectivity index (χ0v) is 12.9. The van der Waals surface area contributed by atoms with Gasteiger partial charge in [0.25, 0.3) is 4.70 Å². The van der Waals surface area contributed by atoms with Gasteiger partial charge in [0.2, 0.25) is 0 Å². The molecule has 0 radical (unpaired) electrons. The highest BCUT2D eigenvalue weighted by Crippen LogP contribution is 2.38. The number of ether oxygens (including phenoxy) is 1. The van der Waals surface area contributed by atoms with E-state index in [1.54, 1.807) is 18.2 Å². The van der Waals surface area contributed by atoms with Gasteiger partial charge < -0.3 is 9.84 Å². The third-order valence-electron chi connectivity index (χ3n) is 2.56. The molecule has 0 aliphatic heterocycles. The first-order chi connectivity index (χ1) is 9.00. The highest BCUT2D eigenvalue weighted by atomic mass is 79.9. The molecule has 2 nitrogen and oxygen atoms in total. The maximum atomic E-state index is 10.3. The van der Waals surface area contributed by atoms with Crippen LogP contribution >= 0.6 is 39.1 Å². The van der Waals surface area contributed by atoms with Crippen LogP contribution in [-0.2, 0) is 16.0 Å². The molecule has 0 aromatic heterocycles. The van der Waals surface area contributed by atoms with E-state index < -0.39 is 4.70 Å². The van der Waals surface area contributed by atoms with Crippen LogP contribution in [0.15, 0.2) is 48.5 Å². The molecule has 1 unspecified atom stereocenters. The van der Waals surface area contributed by atoms with Gasteiger partial charge >= 0.3 is 0 Å². The topological polar surface area (TPSA) is 29.5 Å². The van der Waals surface area contributed by atoms with E-state index in [1.807, 2.05) is 30.3 Å². The maximum absolute atomic E-state index is 10.3. The van der Waals surface area contributed by atoms with Gasteiger partial charge in [-0.05, 0) is 27.6 Å². The van der Waals surface area contributed by atoms with E-state index in [0.717, 1.165) is 5.56 Å². The normalized spacial score (nSPS) is 14.1. The Morgan fingerprint density at radius 2 is 1.74 bits per heavy atom. The molecule has 0 spiro atoms. The zero-order valence-electron chi connectivity index (χ0n) is 9.82. The van der Waals surface area contributed by atoms with Crippen molar-refractivity contribution in [1.29, 1.82) is 0 Å². The molecule has 1 N–H and O–H groups in total. The van der Waals surface area contributed by atoms with Gasteiger partial charge in [0.05, 0.1) is 16.7 Å². The number of rotatable bonds is 4. The first-order valence-electron chi connectivity index (χ1n) is 5.54. The number of hydrogen-bond acceptors (Lipinski definition) is 2. The molecule has 19 heavy (non-hydrogen) atoms. The third kappa shape index (κ3) is 3.71. The summed E-state index contributed by atoms with van der Waals surface area (Å²) in [6.07, 6.45) is 0. The molecule has 0 saturated carbocycles. The van der Waals surface area contributed by atoms with Gasteiger partial charge in [-0.3, -0.25) is 0 Å². The lowest BCUT2D eigenvalue weighted by Gasteiger charge is -2.23. The highest BCUT2D eigenvalue weighted by Gasteiger charge is 2.30. The van der Waals surface area contributed by atoms with E-state index in [9.17, 15) is 5.11 Å². The van der Waals surface area contributed by atoms with Crippen molar-refractivity contribution in [3.63, 3.8) is 0 Å². The summed E-state index contributed by atoms with van der Waals surface area (Å²) in [5.41, 5.74) is 1.32. The van der Waals surface area contributed by atoms with Gasteiger partial charge in [-0.25, -0.2) is 0 Å². The predicted molar refractivity (Wildman–Crippen MR) is 80.5 cm³/mol. The van der Waals surface area contributed by atoms with Crippen LogP contribution in [0, 0.1) is 0 Å². The molecule has 5 heteroatoms. The van der Waals surface area contributed by atoms with Crippen LogP contribution in [0.25, 0.3) is 0 Å². The number of hydrogen-bond donors (Lipinski definition) is 1. The van der Waals surface area contributed by atoms with Crippen molar-refractivity contribution in [2.45, 2.75) is 11.3 Å². The lowest BCUT2D eigenvalue weighted by Crippen LogP contribution is -2.22. The van der Waals surface area contributed by atoms with Crippen molar-refractivity contribution in [3.05, 3.63) is 69.7 Å². The average Bonchev–Trinajstić information content (AvgIpc) is 2.41. The Hall–Kier alpha value is -0.580. The van der Waals surface area contributed by atoms with Gasteiger partial charge in [-0.15, -0.1) is 0 Å². The van der Waals surface area contributed by atoms with E-state index in [4.69, 9.17) is 27.9 Å². The quantitative estimate of drug-likeness (QED) is 0.631. The van der Waals surface area contributed by atoms with Crippen LogP contribution in [0.3, 0.4) is 0 Å². The Balaban J connectivity index is 2.16. The molecule has 0 saturated heterocycles. The van der Waals surface area contributed by atoms with Gasteiger partial charge in [-0.1, -0.05) is 65.7 Å². The van der Waals surface area contributed by atoms with Crippen molar-refractivity contribution in [3.8, 4) is 0 Å². The van der Waals surface area contributed by atoms with Crippen LogP contribution in [-0.4, -0.2) is 5.11 Å². The summed E-state index contributed by atoms with van der Waals surface area (Å²) in [5.74, 6) is 0. The summed E-state index contributed by atoms with van der Waals surface area (Å²) in [4.78, 5) is 0. The SMILES string of the molecule is OC(Br)(OCc1ccccc1)c1cccc(Cl)c1Cl. The standard InChI is InChI=1S/C14H11BrCl2O2/c15-14(18,11-7-4-8-12(16)13(11)17)19-9-10-5-2-1-3-6-10/h1-8,18H,9H2. The molecule has 0 aliphatic carbocycles. The second-order valence-electron chi connectivity index (χ2n) is 3.94. The minimum Gasteiger partial charge on any atom is -0.353 e. The Morgan fingerprint density at radius 1 is 1.05 bits per heavy atom. The molecule has 0 heterocycles. The largest absolute Gasteiger partial charge is 0.353 e. The first kappa shape index (κ1) is 14.8. The van der Waals surface area contributed by atoms with Gasteiger partial charge in [0.1, 0.15) is 0 Å². The highest BCUT2D eigenvalue weighted by molar-refractivity contribution is 9.09.